The molecule has 0 aromatic heterocycles. The normalized spacial score (nSPS) is 11.6. The highest BCUT2D eigenvalue weighted by Crippen LogP contribution is 2.33. The van der Waals surface area contributed by atoms with Crippen LogP contribution in [0.1, 0.15) is 11.1 Å². The summed E-state index contributed by atoms with van der Waals surface area (Å²) in [7, 11) is 3.75. The first-order valence-electron chi connectivity index (χ1n) is 7.49. The fourth-order valence-corrected chi connectivity index (χ4v) is 2.06. The van der Waals surface area contributed by atoms with E-state index in [1.807, 2.05) is 38.9 Å². The first kappa shape index (κ1) is 18.6. The molecule has 0 unspecified atom stereocenters. The third kappa shape index (κ3) is 5.70. The molecule has 134 valence electrons. The Labute approximate surface area is 144 Å². The van der Waals surface area contributed by atoms with Crippen LogP contribution in [0.4, 0.5) is 18.9 Å². The molecule has 0 saturated carbocycles. The number of nitrogens with zero attached hydrogens (tertiary/aromatic N) is 2. The van der Waals surface area contributed by atoms with Crippen LogP contribution < -0.4 is 9.47 Å². The minimum absolute atomic E-state index is 0.258. The fraction of sp³-hybridized carbons (Fsp3) is 0.278. The Bertz CT molecular complexity index is 771. The topological polar surface area (TPSA) is 34.1 Å². The van der Waals surface area contributed by atoms with Gasteiger partial charge >= 0.3 is 6.36 Å². The zero-order valence-electron chi connectivity index (χ0n) is 14.4. The van der Waals surface area contributed by atoms with Gasteiger partial charge in [0.1, 0.15) is 17.2 Å². The maximum absolute atomic E-state index is 12.3. The average Bonchev–Trinajstić information content (AvgIpc) is 2.47. The second-order valence-corrected chi connectivity index (χ2v) is 5.74. The molecule has 0 bridgehead atoms. The predicted molar refractivity (Wildman–Crippen MR) is 91.0 cm³/mol. The van der Waals surface area contributed by atoms with Crippen molar-refractivity contribution in [2.24, 2.45) is 4.99 Å². The number of rotatable bonds is 5. The highest BCUT2D eigenvalue weighted by Gasteiger charge is 2.31. The molecule has 0 amide bonds. The fourth-order valence-electron chi connectivity index (χ4n) is 2.06. The summed E-state index contributed by atoms with van der Waals surface area (Å²) in [5.74, 6) is 0.478. The maximum Gasteiger partial charge on any atom is 0.573 e. The van der Waals surface area contributed by atoms with Gasteiger partial charge in [0.15, 0.2) is 0 Å². The smallest absolute Gasteiger partial charge is 0.457 e. The van der Waals surface area contributed by atoms with Gasteiger partial charge < -0.3 is 14.4 Å². The van der Waals surface area contributed by atoms with Crippen LogP contribution in [-0.4, -0.2) is 31.7 Å². The number of hydrogen-bond acceptors (Lipinski definition) is 3. The molecule has 2 rings (SSSR count). The molecule has 0 aliphatic rings. The third-order valence-electron chi connectivity index (χ3n) is 3.19. The zero-order chi connectivity index (χ0) is 18.6. The summed E-state index contributed by atoms with van der Waals surface area (Å²) in [6.45, 7) is 3.73. The molecule has 25 heavy (non-hydrogen) atoms. The lowest BCUT2D eigenvalue weighted by atomic mass is 10.1. The molecule has 2 aromatic rings. The Hall–Kier alpha value is -2.70. The Morgan fingerprint density at radius 3 is 2.32 bits per heavy atom. The molecule has 0 radical (unpaired) electrons. The zero-order valence-corrected chi connectivity index (χ0v) is 14.4. The van der Waals surface area contributed by atoms with Crippen molar-refractivity contribution in [1.29, 1.82) is 0 Å². The van der Waals surface area contributed by atoms with Crippen molar-refractivity contribution in [2.75, 3.05) is 14.1 Å². The van der Waals surface area contributed by atoms with E-state index in [0.29, 0.717) is 5.75 Å². The number of benzene rings is 2. The van der Waals surface area contributed by atoms with Crippen molar-refractivity contribution in [1.82, 2.24) is 4.90 Å². The van der Waals surface area contributed by atoms with Gasteiger partial charge in [0.25, 0.3) is 0 Å². The molecule has 0 aliphatic heterocycles. The summed E-state index contributed by atoms with van der Waals surface area (Å²) in [4.78, 5) is 6.19. The highest BCUT2D eigenvalue weighted by molar-refractivity contribution is 5.64. The van der Waals surface area contributed by atoms with Crippen LogP contribution in [0.3, 0.4) is 0 Å². The number of halogens is 3. The molecule has 2 aromatic carbocycles. The largest absolute Gasteiger partial charge is 0.573 e. The highest BCUT2D eigenvalue weighted by atomic mass is 19.4. The van der Waals surface area contributed by atoms with E-state index in [-0.39, 0.29) is 11.5 Å². The van der Waals surface area contributed by atoms with Gasteiger partial charge in [0, 0.05) is 20.2 Å². The third-order valence-corrected chi connectivity index (χ3v) is 3.19. The first-order chi connectivity index (χ1) is 11.6. The van der Waals surface area contributed by atoms with Crippen molar-refractivity contribution >= 4 is 12.0 Å². The van der Waals surface area contributed by atoms with Crippen LogP contribution >= 0.6 is 0 Å². The molecule has 0 N–H and O–H groups in total. The molecular weight excluding hydrogens is 333 g/mol. The van der Waals surface area contributed by atoms with Crippen LogP contribution in [0.15, 0.2) is 41.4 Å². The van der Waals surface area contributed by atoms with Gasteiger partial charge in [-0.25, -0.2) is 4.99 Å². The summed E-state index contributed by atoms with van der Waals surface area (Å²) >= 11 is 0. The van der Waals surface area contributed by atoms with Gasteiger partial charge in [-0.2, -0.15) is 0 Å². The molecule has 0 spiro atoms. The lowest BCUT2D eigenvalue weighted by molar-refractivity contribution is -0.274. The standard InChI is InChI=1S/C18H19F3N2O2/c1-12-9-17(13(2)8-16(12)22-11-23(3)4)24-14-6-5-7-15(10-14)25-18(19,20)21/h5-11H,1-4H3. The van der Waals surface area contributed by atoms with Crippen molar-refractivity contribution in [3.8, 4) is 17.2 Å². The van der Waals surface area contributed by atoms with E-state index in [9.17, 15) is 13.2 Å². The monoisotopic (exact) mass is 352 g/mol. The van der Waals surface area contributed by atoms with E-state index in [4.69, 9.17) is 4.74 Å². The van der Waals surface area contributed by atoms with Gasteiger partial charge in [-0.1, -0.05) is 6.07 Å². The number of hydrogen-bond donors (Lipinski definition) is 0. The minimum atomic E-state index is -4.74. The molecule has 7 heteroatoms. The average molecular weight is 352 g/mol. The van der Waals surface area contributed by atoms with Gasteiger partial charge in [0.05, 0.1) is 12.0 Å². The maximum atomic E-state index is 12.3. The van der Waals surface area contributed by atoms with Gasteiger partial charge in [-0.05, 0) is 49.2 Å². The number of aliphatic imine (C=N–C) groups is 1. The van der Waals surface area contributed by atoms with E-state index in [1.165, 1.54) is 18.2 Å². The minimum Gasteiger partial charge on any atom is -0.457 e. The Kier molecular flexibility index (Phi) is 5.56. The Balaban J connectivity index is 2.23. The van der Waals surface area contributed by atoms with Crippen LogP contribution in [0.2, 0.25) is 0 Å². The molecule has 0 fully saturated rings. The molecule has 0 saturated heterocycles. The second kappa shape index (κ2) is 7.46. The van der Waals surface area contributed by atoms with Gasteiger partial charge in [-0.3, -0.25) is 0 Å². The quantitative estimate of drug-likeness (QED) is 0.547. The van der Waals surface area contributed by atoms with E-state index in [0.717, 1.165) is 16.8 Å². The van der Waals surface area contributed by atoms with Crippen molar-refractivity contribution in [3.63, 3.8) is 0 Å². The van der Waals surface area contributed by atoms with Crippen LogP contribution in [0.25, 0.3) is 0 Å². The van der Waals surface area contributed by atoms with Crippen LogP contribution in [0, 0.1) is 13.8 Å². The predicted octanol–water partition coefficient (Wildman–Crippen LogP) is 5.22. The number of aryl methyl sites for hydroxylation is 2. The van der Waals surface area contributed by atoms with E-state index in [2.05, 4.69) is 9.73 Å². The van der Waals surface area contributed by atoms with Crippen LogP contribution in [-0.2, 0) is 0 Å². The summed E-state index contributed by atoms with van der Waals surface area (Å²) in [6, 6.07) is 9.08. The Morgan fingerprint density at radius 2 is 1.68 bits per heavy atom. The molecule has 0 aliphatic carbocycles. The molecule has 4 nitrogen and oxygen atoms in total. The lowest BCUT2D eigenvalue weighted by Crippen LogP contribution is -2.17. The Morgan fingerprint density at radius 1 is 1.00 bits per heavy atom. The first-order valence-corrected chi connectivity index (χ1v) is 7.49. The number of alkyl halides is 3. The lowest BCUT2D eigenvalue weighted by Gasteiger charge is -2.13. The van der Waals surface area contributed by atoms with Crippen molar-refractivity contribution in [3.05, 3.63) is 47.5 Å². The summed E-state index contributed by atoms with van der Waals surface area (Å²) in [5.41, 5.74) is 2.51. The number of ether oxygens (including phenoxy) is 2. The van der Waals surface area contributed by atoms with Gasteiger partial charge in [-0.15, -0.1) is 13.2 Å². The summed E-state index contributed by atoms with van der Waals surface area (Å²) < 4.78 is 46.6. The molecule has 0 heterocycles. The van der Waals surface area contributed by atoms with Crippen molar-refractivity contribution < 1.29 is 22.6 Å². The SMILES string of the molecule is Cc1cc(Oc2cccc(OC(F)(F)F)c2)c(C)cc1N=CN(C)C. The van der Waals surface area contributed by atoms with Crippen LogP contribution in [0.5, 0.6) is 17.2 Å². The molecular formula is C18H19F3N2O2. The summed E-state index contributed by atoms with van der Waals surface area (Å²) in [5, 5.41) is 0. The van der Waals surface area contributed by atoms with E-state index >= 15 is 0 Å². The molecule has 0 atom stereocenters. The van der Waals surface area contributed by atoms with E-state index < -0.39 is 6.36 Å². The second-order valence-electron chi connectivity index (χ2n) is 5.74. The van der Waals surface area contributed by atoms with Gasteiger partial charge in [0.2, 0.25) is 0 Å². The van der Waals surface area contributed by atoms with E-state index in [1.54, 1.807) is 18.5 Å². The van der Waals surface area contributed by atoms with Crippen molar-refractivity contribution in [2.45, 2.75) is 20.2 Å². The summed E-state index contributed by atoms with van der Waals surface area (Å²) in [6.07, 6.45) is -3.04.